The smallest absolute Gasteiger partial charge is 0.256 e. The molecule has 1 aliphatic heterocycles. The number of hydrogen-bond acceptors (Lipinski definition) is 5. The van der Waals surface area contributed by atoms with Gasteiger partial charge in [0.1, 0.15) is 0 Å². The number of nitrogens with zero attached hydrogens (tertiary/aromatic N) is 2. The van der Waals surface area contributed by atoms with Crippen LogP contribution in [0.2, 0.25) is 0 Å². The molecule has 2 heterocycles. The molecule has 1 aliphatic rings. The molecule has 1 amide bonds. The Balaban J connectivity index is 2.31. The van der Waals surface area contributed by atoms with Gasteiger partial charge in [-0.2, -0.15) is 17.6 Å². The van der Waals surface area contributed by atoms with Crippen molar-refractivity contribution in [3.63, 3.8) is 0 Å². The highest BCUT2D eigenvalue weighted by Gasteiger charge is 2.31. The number of aromatic hydroxyl groups is 1. The second kappa shape index (κ2) is 4.17. The number of aromatic nitrogens is 2. The number of carbonyl (C=O) groups is 1. The summed E-state index contributed by atoms with van der Waals surface area (Å²) in [6.07, 6.45) is 0.392. The van der Waals surface area contributed by atoms with Gasteiger partial charge in [-0.15, -0.1) is 0 Å². The van der Waals surface area contributed by atoms with E-state index in [1.54, 1.807) is 0 Å². The first-order valence-corrected chi connectivity index (χ1v) is 5.45. The van der Waals surface area contributed by atoms with Crippen molar-refractivity contribution in [1.29, 1.82) is 0 Å². The molecule has 1 aromatic heterocycles. The predicted molar refractivity (Wildman–Crippen MR) is 60.8 cm³/mol. The second-order valence-electron chi connectivity index (χ2n) is 3.68. The van der Waals surface area contributed by atoms with Gasteiger partial charge in [0.15, 0.2) is 0 Å². The van der Waals surface area contributed by atoms with Crippen molar-refractivity contribution in [3.05, 3.63) is 16.4 Å². The second-order valence-corrected chi connectivity index (χ2v) is 4.05. The van der Waals surface area contributed by atoms with Crippen LogP contribution in [0.15, 0.2) is 10.9 Å². The minimum Gasteiger partial charge on any atom is -0.493 e. The number of amides is 1. The summed E-state index contributed by atoms with van der Waals surface area (Å²) >= 11 is 4.13. The van der Waals surface area contributed by atoms with Crippen molar-refractivity contribution >= 4 is 24.5 Å². The van der Waals surface area contributed by atoms with Gasteiger partial charge in [-0.1, -0.05) is 0 Å². The molecule has 2 rings (SSSR count). The summed E-state index contributed by atoms with van der Waals surface area (Å²) in [5, 5.41) is 9.18. The van der Waals surface area contributed by atoms with Gasteiger partial charge in [0.05, 0.1) is 6.07 Å². The van der Waals surface area contributed by atoms with Gasteiger partial charge in [0, 0.05) is 13.0 Å². The molecule has 1 unspecified atom stereocenters. The zero-order chi connectivity index (χ0) is 11.7. The van der Waals surface area contributed by atoms with Gasteiger partial charge in [-0.05, 0) is 11.7 Å². The Bertz CT molecular complexity index is 473. The van der Waals surface area contributed by atoms with Crippen LogP contribution in [0, 0.1) is 5.92 Å². The zero-order valence-electron chi connectivity index (χ0n) is 8.38. The van der Waals surface area contributed by atoms with Gasteiger partial charge in [0.25, 0.3) is 5.56 Å². The van der Waals surface area contributed by atoms with Crippen LogP contribution in [0.3, 0.4) is 0 Å². The summed E-state index contributed by atoms with van der Waals surface area (Å²) in [6.45, 7) is 0.467. The highest BCUT2D eigenvalue weighted by Crippen LogP contribution is 2.22. The Morgan fingerprint density at radius 2 is 2.38 bits per heavy atom. The first-order valence-electron chi connectivity index (χ1n) is 4.81. The van der Waals surface area contributed by atoms with E-state index in [0.717, 1.165) is 6.07 Å². The van der Waals surface area contributed by atoms with Crippen molar-refractivity contribution in [2.75, 3.05) is 17.2 Å². The van der Waals surface area contributed by atoms with Crippen LogP contribution < -0.4 is 10.5 Å². The maximum absolute atomic E-state index is 11.6. The molecular weight excluding hydrogens is 230 g/mol. The molecule has 1 fully saturated rings. The number of anilines is 1. The fourth-order valence-electron chi connectivity index (χ4n) is 1.67. The fraction of sp³-hybridized carbons (Fsp3) is 0.444. The number of nitrogens with one attached hydrogen (secondary N) is 1. The van der Waals surface area contributed by atoms with Crippen molar-refractivity contribution in [2.24, 2.45) is 5.92 Å². The van der Waals surface area contributed by atoms with Crippen LogP contribution in [0.1, 0.15) is 6.42 Å². The molecule has 6 nitrogen and oxygen atoms in total. The van der Waals surface area contributed by atoms with Crippen molar-refractivity contribution in [2.45, 2.75) is 6.42 Å². The number of H-pyrrole nitrogens is 1. The van der Waals surface area contributed by atoms with Crippen molar-refractivity contribution < 1.29 is 9.90 Å². The van der Waals surface area contributed by atoms with Crippen LogP contribution in [0.4, 0.5) is 5.95 Å². The van der Waals surface area contributed by atoms with Crippen LogP contribution in [0.25, 0.3) is 0 Å². The van der Waals surface area contributed by atoms with E-state index in [0.29, 0.717) is 18.7 Å². The maximum atomic E-state index is 11.6. The molecule has 2 N–H and O–H groups in total. The van der Waals surface area contributed by atoms with E-state index in [2.05, 4.69) is 22.6 Å². The Hall–Kier alpha value is -1.50. The van der Waals surface area contributed by atoms with Crippen molar-refractivity contribution in [3.8, 4) is 5.88 Å². The molecule has 86 valence electrons. The summed E-state index contributed by atoms with van der Waals surface area (Å²) in [5.41, 5.74) is -0.482. The van der Waals surface area contributed by atoms with Gasteiger partial charge >= 0.3 is 0 Å². The number of carbonyl (C=O) groups excluding carboxylic acids is 1. The summed E-state index contributed by atoms with van der Waals surface area (Å²) < 4.78 is 0. The Kier molecular flexibility index (Phi) is 2.86. The summed E-state index contributed by atoms with van der Waals surface area (Å²) in [5.74, 6) is 0.349. The van der Waals surface area contributed by atoms with Crippen LogP contribution in [-0.2, 0) is 4.79 Å². The topological polar surface area (TPSA) is 86.3 Å². The van der Waals surface area contributed by atoms with Crippen LogP contribution in [0.5, 0.6) is 5.88 Å². The van der Waals surface area contributed by atoms with E-state index < -0.39 is 5.56 Å². The predicted octanol–water partition coefficient (Wildman–Crippen LogP) is -0.242. The number of hydrogen-bond donors (Lipinski definition) is 3. The summed E-state index contributed by atoms with van der Waals surface area (Å²) in [6, 6.07) is 0.958. The van der Waals surface area contributed by atoms with E-state index in [9.17, 15) is 14.7 Å². The average Bonchev–Trinajstić information content (AvgIpc) is 2.58. The van der Waals surface area contributed by atoms with E-state index in [4.69, 9.17) is 0 Å². The first-order chi connectivity index (χ1) is 7.60. The molecule has 1 aromatic rings. The largest absolute Gasteiger partial charge is 0.493 e. The van der Waals surface area contributed by atoms with Crippen LogP contribution >= 0.6 is 12.6 Å². The Labute approximate surface area is 96.7 Å². The van der Waals surface area contributed by atoms with Gasteiger partial charge in [-0.3, -0.25) is 19.5 Å². The molecule has 0 aliphatic carbocycles. The average molecular weight is 241 g/mol. The number of thiol groups is 1. The quantitative estimate of drug-likeness (QED) is 0.624. The molecule has 0 radical (unpaired) electrons. The highest BCUT2D eigenvalue weighted by molar-refractivity contribution is 7.80. The third kappa shape index (κ3) is 2.04. The molecule has 0 saturated carbocycles. The lowest BCUT2D eigenvalue weighted by Crippen LogP contribution is -2.28. The van der Waals surface area contributed by atoms with E-state index >= 15 is 0 Å². The molecule has 0 bridgehead atoms. The summed E-state index contributed by atoms with van der Waals surface area (Å²) in [4.78, 5) is 30.2. The van der Waals surface area contributed by atoms with Gasteiger partial charge in [0.2, 0.25) is 17.7 Å². The van der Waals surface area contributed by atoms with Crippen LogP contribution in [-0.4, -0.2) is 33.3 Å². The molecule has 16 heavy (non-hydrogen) atoms. The number of aromatic amines is 1. The lowest BCUT2D eigenvalue weighted by atomic mass is 10.1. The standard InChI is InChI=1S/C9H11N3O3S/c13-6-2-7(14)11-9(10-6)12-3-5(4-16)1-8(12)15/h2,5,16H,1,3-4H2,(H2,10,11,13,14). The minimum atomic E-state index is -0.482. The van der Waals surface area contributed by atoms with E-state index in [-0.39, 0.29) is 23.7 Å². The molecule has 1 atom stereocenters. The highest BCUT2D eigenvalue weighted by atomic mass is 32.1. The van der Waals surface area contributed by atoms with Crippen molar-refractivity contribution in [1.82, 2.24) is 9.97 Å². The van der Waals surface area contributed by atoms with Gasteiger partial charge in [-0.25, -0.2) is 0 Å². The molecule has 0 spiro atoms. The lowest BCUT2D eigenvalue weighted by Gasteiger charge is -2.14. The van der Waals surface area contributed by atoms with E-state index in [1.807, 2.05) is 0 Å². The normalized spacial score (nSPS) is 20.4. The zero-order valence-corrected chi connectivity index (χ0v) is 9.28. The molecule has 7 heteroatoms. The third-order valence-corrected chi connectivity index (χ3v) is 2.95. The fourth-order valence-corrected chi connectivity index (χ4v) is 1.91. The molecule has 1 saturated heterocycles. The summed E-state index contributed by atoms with van der Waals surface area (Å²) in [7, 11) is 0. The Morgan fingerprint density at radius 3 is 2.94 bits per heavy atom. The third-order valence-electron chi connectivity index (χ3n) is 2.43. The minimum absolute atomic E-state index is 0.0966. The molecular formula is C9H11N3O3S. The maximum Gasteiger partial charge on any atom is 0.256 e. The first kappa shape index (κ1) is 11.0. The van der Waals surface area contributed by atoms with Gasteiger partial charge < -0.3 is 5.11 Å². The monoisotopic (exact) mass is 241 g/mol. The SMILES string of the molecule is O=C1CC(CS)CN1c1nc(O)cc(=O)[nH]1. The lowest BCUT2D eigenvalue weighted by molar-refractivity contribution is -0.117. The van der Waals surface area contributed by atoms with E-state index in [1.165, 1.54) is 4.90 Å². The Morgan fingerprint density at radius 1 is 1.62 bits per heavy atom. The number of rotatable bonds is 2. The molecule has 0 aromatic carbocycles.